The highest BCUT2D eigenvalue weighted by Gasteiger charge is 2.35. The first kappa shape index (κ1) is 13.3. The fourth-order valence-corrected chi connectivity index (χ4v) is 2.88. The van der Waals surface area contributed by atoms with Crippen molar-refractivity contribution in [2.24, 2.45) is 5.73 Å². The Morgan fingerprint density at radius 2 is 2.00 bits per heavy atom. The minimum absolute atomic E-state index is 0.0161. The molecule has 6 heteroatoms. The van der Waals surface area contributed by atoms with Gasteiger partial charge in [0.15, 0.2) is 0 Å². The molecule has 2 unspecified atom stereocenters. The standard InChI is InChI=1S/C12H21N3O3/c13-11(17)7-15(8-3-1-2-4-8)12(18)10-5-9(16)6-14-10/h8-10,14,16H,1-7H2,(H2,13,17). The third-order valence-electron chi connectivity index (χ3n) is 3.78. The number of nitrogens with two attached hydrogens (primary N) is 1. The van der Waals surface area contributed by atoms with Gasteiger partial charge < -0.3 is 21.1 Å². The molecule has 2 rings (SSSR count). The number of rotatable bonds is 4. The van der Waals surface area contributed by atoms with Crippen LogP contribution in [-0.4, -0.2) is 53.1 Å². The number of hydrogen-bond acceptors (Lipinski definition) is 4. The van der Waals surface area contributed by atoms with Crippen LogP contribution < -0.4 is 11.1 Å². The Balaban J connectivity index is 2.02. The van der Waals surface area contributed by atoms with Crippen LogP contribution in [0, 0.1) is 0 Å². The number of primary amides is 1. The summed E-state index contributed by atoms with van der Waals surface area (Å²) in [5, 5.41) is 12.4. The Morgan fingerprint density at radius 1 is 1.33 bits per heavy atom. The zero-order valence-corrected chi connectivity index (χ0v) is 10.5. The zero-order valence-electron chi connectivity index (χ0n) is 10.5. The maximum absolute atomic E-state index is 12.4. The fourth-order valence-electron chi connectivity index (χ4n) is 2.88. The summed E-state index contributed by atoms with van der Waals surface area (Å²) in [6, 6.07) is -0.246. The average molecular weight is 255 g/mol. The van der Waals surface area contributed by atoms with E-state index in [0.29, 0.717) is 13.0 Å². The van der Waals surface area contributed by atoms with Crippen molar-refractivity contribution in [2.75, 3.05) is 13.1 Å². The van der Waals surface area contributed by atoms with E-state index < -0.39 is 12.0 Å². The number of carbonyl (C=O) groups excluding carboxylic acids is 2. The van der Waals surface area contributed by atoms with Gasteiger partial charge in [-0.05, 0) is 19.3 Å². The highest BCUT2D eigenvalue weighted by atomic mass is 16.3. The lowest BCUT2D eigenvalue weighted by atomic mass is 10.1. The second kappa shape index (κ2) is 5.67. The van der Waals surface area contributed by atoms with Crippen LogP contribution in [0.15, 0.2) is 0 Å². The highest BCUT2D eigenvalue weighted by Crippen LogP contribution is 2.24. The number of hydrogen-bond donors (Lipinski definition) is 3. The predicted octanol–water partition coefficient (Wildman–Crippen LogP) is -1.03. The lowest BCUT2D eigenvalue weighted by molar-refractivity contribution is -0.139. The van der Waals surface area contributed by atoms with E-state index in [1.165, 1.54) is 0 Å². The van der Waals surface area contributed by atoms with Crippen LogP contribution in [0.4, 0.5) is 0 Å². The number of amides is 2. The van der Waals surface area contributed by atoms with Gasteiger partial charge in [0.2, 0.25) is 11.8 Å². The van der Waals surface area contributed by atoms with Gasteiger partial charge in [0.05, 0.1) is 18.7 Å². The van der Waals surface area contributed by atoms with Crippen molar-refractivity contribution in [1.82, 2.24) is 10.2 Å². The van der Waals surface area contributed by atoms with Crippen molar-refractivity contribution in [1.29, 1.82) is 0 Å². The van der Waals surface area contributed by atoms with Gasteiger partial charge in [-0.1, -0.05) is 12.8 Å². The number of nitrogens with zero attached hydrogens (tertiary/aromatic N) is 1. The van der Waals surface area contributed by atoms with Crippen LogP contribution in [0.3, 0.4) is 0 Å². The van der Waals surface area contributed by atoms with Gasteiger partial charge in [-0.3, -0.25) is 9.59 Å². The molecular weight excluding hydrogens is 234 g/mol. The molecule has 1 saturated heterocycles. The summed E-state index contributed by atoms with van der Waals surface area (Å²) in [4.78, 5) is 25.1. The number of carbonyl (C=O) groups is 2. The number of aliphatic hydroxyl groups is 1. The van der Waals surface area contributed by atoms with Crippen LogP contribution in [0.1, 0.15) is 32.1 Å². The van der Waals surface area contributed by atoms with E-state index in [4.69, 9.17) is 5.73 Å². The maximum atomic E-state index is 12.4. The van der Waals surface area contributed by atoms with Gasteiger partial charge in [0.25, 0.3) is 0 Å². The molecule has 4 N–H and O–H groups in total. The van der Waals surface area contributed by atoms with Gasteiger partial charge in [-0.15, -0.1) is 0 Å². The monoisotopic (exact) mass is 255 g/mol. The van der Waals surface area contributed by atoms with E-state index >= 15 is 0 Å². The normalized spacial score (nSPS) is 28.5. The Bertz CT molecular complexity index is 329. The molecule has 1 aliphatic carbocycles. The van der Waals surface area contributed by atoms with Crippen LogP contribution in [0.5, 0.6) is 0 Å². The van der Waals surface area contributed by atoms with Crippen molar-refractivity contribution in [3.8, 4) is 0 Å². The predicted molar refractivity (Wildman–Crippen MR) is 65.6 cm³/mol. The first-order chi connectivity index (χ1) is 8.58. The van der Waals surface area contributed by atoms with Gasteiger partial charge in [-0.25, -0.2) is 0 Å². The van der Waals surface area contributed by atoms with Crippen molar-refractivity contribution >= 4 is 11.8 Å². The molecule has 2 aliphatic rings. The molecule has 0 aromatic heterocycles. The molecule has 102 valence electrons. The SMILES string of the molecule is NC(=O)CN(C(=O)C1CC(O)CN1)C1CCCC1. The van der Waals surface area contributed by atoms with E-state index in [1.807, 2.05) is 0 Å². The maximum Gasteiger partial charge on any atom is 0.240 e. The summed E-state index contributed by atoms with van der Waals surface area (Å²) in [7, 11) is 0. The highest BCUT2D eigenvalue weighted by molar-refractivity contribution is 5.87. The van der Waals surface area contributed by atoms with Crippen molar-refractivity contribution < 1.29 is 14.7 Å². The molecule has 0 bridgehead atoms. The molecule has 0 aromatic rings. The number of β-amino-alcohol motifs (C(OH)–C–C–N with tert-alkyl or cyclic N) is 1. The van der Waals surface area contributed by atoms with E-state index in [-0.39, 0.29) is 24.5 Å². The average Bonchev–Trinajstić information content (AvgIpc) is 2.95. The molecule has 0 radical (unpaired) electrons. The molecule has 1 heterocycles. The second-order valence-electron chi connectivity index (χ2n) is 5.22. The van der Waals surface area contributed by atoms with Crippen LogP contribution >= 0.6 is 0 Å². The molecular formula is C12H21N3O3. The third kappa shape index (κ3) is 3.00. The van der Waals surface area contributed by atoms with Crippen molar-refractivity contribution in [2.45, 2.75) is 50.3 Å². The summed E-state index contributed by atoms with van der Waals surface area (Å²) < 4.78 is 0. The molecule has 2 fully saturated rings. The topological polar surface area (TPSA) is 95.7 Å². The molecule has 2 amide bonds. The van der Waals surface area contributed by atoms with E-state index in [2.05, 4.69) is 5.32 Å². The fraction of sp³-hybridized carbons (Fsp3) is 0.833. The lowest BCUT2D eigenvalue weighted by Gasteiger charge is -2.30. The third-order valence-corrected chi connectivity index (χ3v) is 3.78. The Morgan fingerprint density at radius 3 is 2.50 bits per heavy atom. The largest absolute Gasteiger partial charge is 0.392 e. The molecule has 18 heavy (non-hydrogen) atoms. The van der Waals surface area contributed by atoms with E-state index in [0.717, 1.165) is 25.7 Å². The lowest BCUT2D eigenvalue weighted by Crippen LogP contribution is -2.50. The first-order valence-corrected chi connectivity index (χ1v) is 6.58. The second-order valence-corrected chi connectivity index (χ2v) is 5.22. The Labute approximate surface area is 107 Å². The van der Waals surface area contributed by atoms with Crippen molar-refractivity contribution in [3.05, 3.63) is 0 Å². The summed E-state index contributed by atoms with van der Waals surface area (Å²) in [6.45, 7) is 0.420. The molecule has 0 spiro atoms. The molecule has 1 aliphatic heterocycles. The summed E-state index contributed by atoms with van der Waals surface area (Å²) in [6.07, 6.45) is 4.00. The van der Waals surface area contributed by atoms with Gasteiger partial charge >= 0.3 is 0 Å². The number of aliphatic hydroxyl groups excluding tert-OH is 1. The minimum atomic E-state index is -0.478. The summed E-state index contributed by atoms with van der Waals surface area (Å²) in [5.41, 5.74) is 5.22. The smallest absolute Gasteiger partial charge is 0.240 e. The summed E-state index contributed by atoms with van der Waals surface area (Å²) >= 11 is 0. The number of nitrogens with one attached hydrogen (secondary N) is 1. The molecule has 2 atom stereocenters. The quantitative estimate of drug-likeness (QED) is 0.598. The zero-order chi connectivity index (χ0) is 13.1. The van der Waals surface area contributed by atoms with E-state index in [9.17, 15) is 14.7 Å². The van der Waals surface area contributed by atoms with Gasteiger partial charge in [0.1, 0.15) is 0 Å². The Kier molecular flexibility index (Phi) is 4.19. The van der Waals surface area contributed by atoms with Crippen LogP contribution in [0.25, 0.3) is 0 Å². The first-order valence-electron chi connectivity index (χ1n) is 6.58. The molecule has 6 nitrogen and oxygen atoms in total. The Hall–Kier alpha value is -1.14. The van der Waals surface area contributed by atoms with E-state index in [1.54, 1.807) is 4.90 Å². The van der Waals surface area contributed by atoms with Crippen LogP contribution in [-0.2, 0) is 9.59 Å². The summed E-state index contributed by atoms with van der Waals surface area (Å²) in [5.74, 6) is -0.578. The minimum Gasteiger partial charge on any atom is -0.392 e. The van der Waals surface area contributed by atoms with Crippen LogP contribution in [0.2, 0.25) is 0 Å². The van der Waals surface area contributed by atoms with Gasteiger partial charge in [-0.2, -0.15) is 0 Å². The molecule has 0 aromatic carbocycles. The van der Waals surface area contributed by atoms with Crippen molar-refractivity contribution in [3.63, 3.8) is 0 Å². The molecule has 1 saturated carbocycles. The van der Waals surface area contributed by atoms with Gasteiger partial charge in [0, 0.05) is 12.6 Å².